The number of nitrogens with one attached hydrogen (secondary N) is 1. The van der Waals surface area contributed by atoms with Crippen LogP contribution in [0.3, 0.4) is 0 Å². The number of aromatic nitrogens is 1. The number of benzene rings is 1. The van der Waals surface area contributed by atoms with Gasteiger partial charge >= 0.3 is 0 Å². The fourth-order valence-corrected chi connectivity index (χ4v) is 3.55. The average molecular weight is 335 g/mol. The van der Waals surface area contributed by atoms with E-state index in [1.54, 1.807) is 0 Å². The quantitative estimate of drug-likeness (QED) is 0.866. The van der Waals surface area contributed by atoms with E-state index in [0.29, 0.717) is 0 Å². The second-order valence-electron chi connectivity index (χ2n) is 6.12. The molecule has 0 spiro atoms. The molecule has 0 bridgehead atoms. The predicted molar refractivity (Wildman–Crippen MR) is 89.1 cm³/mol. The monoisotopic (exact) mass is 334 g/mol. The van der Waals surface area contributed by atoms with Crippen LogP contribution >= 0.6 is 15.9 Å². The van der Waals surface area contributed by atoms with Gasteiger partial charge in [0.1, 0.15) is 0 Å². The van der Waals surface area contributed by atoms with E-state index in [0.717, 1.165) is 29.5 Å². The fraction of sp³-hybridized carbons (Fsp3) is 0.529. The van der Waals surface area contributed by atoms with Crippen LogP contribution < -0.4 is 5.32 Å². The van der Waals surface area contributed by atoms with E-state index in [9.17, 15) is 0 Å². The molecule has 0 atom stereocenters. The Bertz CT molecular complexity index is 567. The highest BCUT2D eigenvalue weighted by Gasteiger charge is 2.17. The van der Waals surface area contributed by atoms with Crippen molar-refractivity contribution < 1.29 is 0 Å². The van der Waals surface area contributed by atoms with Gasteiger partial charge < -0.3 is 9.88 Å². The Morgan fingerprint density at radius 3 is 2.80 bits per heavy atom. The molecule has 1 saturated carbocycles. The topological polar surface area (TPSA) is 17.0 Å². The van der Waals surface area contributed by atoms with Crippen molar-refractivity contribution in [3.8, 4) is 0 Å². The first-order valence-corrected chi connectivity index (χ1v) is 8.49. The number of halogens is 1. The molecule has 2 nitrogen and oxygen atoms in total. The Hall–Kier alpha value is -0.800. The summed E-state index contributed by atoms with van der Waals surface area (Å²) in [7, 11) is 0. The molecule has 3 heteroatoms. The molecule has 1 N–H and O–H groups in total. The highest BCUT2D eigenvalue weighted by molar-refractivity contribution is 9.10. The maximum atomic E-state index is 3.73. The van der Waals surface area contributed by atoms with Crippen molar-refractivity contribution in [2.45, 2.75) is 45.2 Å². The summed E-state index contributed by atoms with van der Waals surface area (Å²) in [4.78, 5) is 0. The normalized spacial score (nSPS) is 23.3. The van der Waals surface area contributed by atoms with Gasteiger partial charge in [0.05, 0.1) is 0 Å². The second kappa shape index (κ2) is 6.31. The first kappa shape index (κ1) is 14.2. The molecule has 0 amide bonds. The highest BCUT2D eigenvalue weighted by Crippen LogP contribution is 2.23. The average Bonchev–Trinajstić information content (AvgIpc) is 2.84. The molecule has 2 aromatic rings. The molecule has 108 valence electrons. The predicted octanol–water partition coefficient (Wildman–Crippen LogP) is 4.57. The molecule has 0 aliphatic heterocycles. The summed E-state index contributed by atoms with van der Waals surface area (Å²) in [6, 6.07) is 9.42. The van der Waals surface area contributed by atoms with Gasteiger partial charge in [0.15, 0.2) is 0 Å². The molecular weight excluding hydrogens is 312 g/mol. The Morgan fingerprint density at radius 2 is 2.00 bits per heavy atom. The maximum Gasteiger partial charge on any atom is 0.0492 e. The molecule has 1 aliphatic carbocycles. The highest BCUT2D eigenvalue weighted by atomic mass is 79.9. The molecule has 1 aliphatic rings. The summed E-state index contributed by atoms with van der Waals surface area (Å²) < 4.78 is 3.50. The van der Waals surface area contributed by atoms with Crippen molar-refractivity contribution in [2.75, 3.05) is 6.54 Å². The van der Waals surface area contributed by atoms with Gasteiger partial charge in [-0.3, -0.25) is 0 Å². The zero-order valence-electron chi connectivity index (χ0n) is 12.1. The van der Waals surface area contributed by atoms with Gasteiger partial charge in [-0.1, -0.05) is 28.9 Å². The number of nitrogens with zero attached hydrogens (tertiary/aromatic N) is 1. The van der Waals surface area contributed by atoms with E-state index >= 15 is 0 Å². The molecule has 1 aromatic heterocycles. The van der Waals surface area contributed by atoms with Crippen LogP contribution in [0.15, 0.2) is 34.9 Å². The van der Waals surface area contributed by atoms with Crippen molar-refractivity contribution in [3.63, 3.8) is 0 Å². The zero-order chi connectivity index (χ0) is 13.9. The van der Waals surface area contributed by atoms with Crippen molar-refractivity contribution in [1.82, 2.24) is 9.88 Å². The van der Waals surface area contributed by atoms with E-state index in [4.69, 9.17) is 0 Å². The summed E-state index contributed by atoms with van der Waals surface area (Å²) in [6.45, 7) is 4.49. The third-order valence-corrected chi connectivity index (χ3v) is 5.03. The minimum atomic E-state index is 0.736. The number of hydrogen-bond donors (Lipinski definition) is 1. The minimum Gasteiger partial charge on any atom is -0.346 e. The lowest BCUT2D eigenvalue weighted by Crippen LogP contribution is -2.34. The first-order chi connectivity index (χ1) is 9.72. The van der Waals surface area contributed by atoms with E-state index < -0.39 is 0 Å². The lowest BCUT2D eigenvalue weighted by Gasteiger charge is -2.27. The fourth-order valence-electron chi connectivity index (χ4n) is 3.21. The summed E-state index contributed by atoms with van der Waals surface area (Å²) >= 11 is 3.56. The van der Waals surface area contributed by atoms with Gasteiger partial charge in [-0.05, 0) is 55.2 Å². The molecule has 1 aromatic carbocycles. The van der Waals surface area contributed by atoms with Crippen LogP contribution in [-0.2, 0) is 6.54 Å². The van der Waals surface area contributed by atoms with E-state index in [2.05, 4.69) is 63.2 Å². The van der Waals surface area contributed by atoms with Crippen LogP contribution in [0, 0.1) is 5.92 Å². The van der Waals surface area contributed by atoms with Crippen LogP contribution in [0.5, 0.6) is 0 Å². The van der Waals surface area contributed by atoms with Gasteiger partial charge in [0.25, 0.3) is 0 Å². The third-order valence-electron chi connectivity index (χ3n) is 4.54. The van der Waals surface area contributed by atoms with Crippen LogP contribution in [0.4, 0.5) is 0 Å². The van der Waals surface area contributed by atoms with E-state index in [1.807, 2.05) is 0 Å². The SMILES string of the molecule is CC1CCC(NCCn2ccc3ccc(Br)cc32)CC1. The smallest absolute Gasteiger partial charge is 0.0492 e. The van der Waals surface area contributed by atoms with Crippen LogP contribution in [0.1, 0.15) is 32.6 Å². The van der Waals surface area contributed by atoms with Crippen molar-refractivity contribution >= 4 is 26.8 Å². The standard InChI is InChI=1S/C17H23BrN2/c1-13-2-6-16(7-3-13)19-9-11-20-10-8-14-4-5-15(18)12-17(14)20/h4-5,8,10,12-13,16,19H,2-3,6-7,9,11H2,1H3. The minimum absolute atomic E-state index is 0.736. The van der Waals surface area contributed by atoms with Crippen LogP contribution in [0.2, 0.25) is 0 Å². The first-order valence-electron chi connectivity index (χ1n) is 7.70. The number of fused-ring (bicyclic) bond motifs is 1. The molecular formula is C17H23BrN2. The van der Waals surface area contributed by atoms with Gasteiger partial charge in [0.2, 0.25) is 0 Å². The van der Waals surface area contributed by atoms with Crippen molar-refractivity contribution in [3.05, 3.63) is 34.9 Å². The van der Waals surface area contributed by atoms with Crippen LogP contribution in [0.25, 0.3) is 10.9 Å². The molecule has 3 rings (SSSR count). The van der Waals surface area contributed by atoms with Gasteiger partial charge in [-0.15, -0.1) is 0 Å². The molecule has 1 fully saturated rings. The molecule has 0 saturated heterocycles. The maximum absolute atomic E-state index is 3.73. The summed E-state index contributed by atoms with van der Waals surface area (Å²) in [5, 5.41) is 5.05. The van der Waals surface area contributed by atoms with E-state index in [1.165, 1.54) is 36.6 Å². The Labute approximate surface area is 129 Å². The largest absolute Gasteiger partial charge is 0.346 e. The Kier molecular flexibility index (Phi) is 4.47. The molecule has 20 heavy (non-hydrogen) atoms. The summed E-state index contributed by atoms with van der Waals surface area (Å²) in [5.41, 5.74) is 1.32. The second-order valence-corrected chi connectivity index (χ2v) is 7.04. The Morgan fingerprint density at radius 1 is 1.20 bits per heavy atom. The molecule has 1 heterocycles. The van der Waals surface area contributed by atoms with Crippen LogP contribution in [-0.4, -0.2) is 17.2 Å². The Balaban J connectivity index is 1.56. The van der Waals surface area contributed by atoms with Gasteiger partial charge in [-0.25, -0.2) is 0 Å². The van der Waals surface area contributed by atoms with Crippen molar-refractivity contribution in [1.29, 1.82) is 0 Å². The molecule has 0 radical (unpaired) electrons. The number of hydrogen-bond acceptors (Lipinski definition) is 1. The van der Waals surface area contributed by atoms with Gasteiger partial charge in [0, 0.05) is 35.3 Å². The number of rotatable bonds is 4. The lowest BCUT2D eigenvalue weighted by molar-refractivity contribution is 0.305. The lowest BCUT2D eigenvalue weighted by atomic mass is 9.87. The van der Waals surface area contributed by atoms with Gasteiger partial charge in [-0.2, -0.15) is 0 Å². The molecule has 0 unspecified atom stereocenters. The zero-order valence-corrected chi connectivity index (χ0v) is 13.7. The van der Waals surface area contributed by atoms with Crippen molar-refractivity contribution in [2.24, 2.45) is 5.92 Å². The summed E-state index contributed by atoms with van der Waals surface area (Å²) in [5.74, 6) is 0.929. The summed E-state index contributed by atoms with van der Waals surface area (Å²) in [6.07, 6.45) is 7.66. The van der Waals surface area contributed by atoms with E-state index in [-0.39, 0.29) is 0 Å². The third kappa shape index (κ3) is 3.26.